The van der Waals surface area contributed by atoms with Crippen molar-refractivity contribution in [1.29, 1.82) is 0 Å². The van der Waals surface area contributed by atoms with Crippen molar-refractivity contribution in [1.82, 2.24) is 0 Å². The van der Waals surface area contributed by atoms with Gasteiger partial charge in [-0.1, -0.05) is 0 Å². The van der Waals surface area contributed by atoms with E-state index < -0.39 is 24.8 Å². The molecule has 0 aliphatic carbocycles. The first-order valence-corrected chi connectivity index (χ1v) is 3.21. The summed E-state index contributed by atoms with van der Waals surface area (Å²) in [5, 5.41) is 25.6. The van der Waals surface area contributed by atoms with E-state index in [9.17, 15) is 4.79 Å². The summed E-state index contributed by atoms with van der Waals surface area (Å²) in [7, 11) is 0. The first-order valence-electron chi connectivity index (χ1n) is 3.21. The fourth-order valence-electron chi connectivity index (χ4n) is 0.352. The molecule has 0 saturated heterocycles. The van der Waals surface area contributed by atoms with E-state index in [-0.39, 0.29) is 37.6 Å². The van der Waals surface area contributed by atoms with Gasteiger partial charge in [0.1, 0.15) is 18.8 Å². The number of rotatable bonds is 4. The molecule has 0 aromatic carbocycles. The summed E-state index contributed by atoms with van der Waals surface area (Å²) < 4.78 is 4.36. The van der Waals surface area contributed by atoms with Gasteiger partial charge in [-0.25, -0.2) is 4.79 Å². The van der Waals surface area contributed by atoms with E-state index in [0.717, 1.165) is 0 Å². The second-order valence-corrected chi connectivity index (χ2v) is 2.14. The van der Waals surface area contributed by atoms with Gasteiger partial charge in [-0.05, 0) is 6.92 Å². The molecule has 68 valence electrons. The molecule has 0 saturated carbocycles. The van der Waals surface area contributed by atoms with Gasteiger partial charge in [0.25, 0.3) is 0 Å². The van der Waals surface area contributed by atoms with Crippen LogP contribution >= 0.6 is 0 Å². The third-order valence-electron chi connectivity index (χ3n) is 0.970. The van der Waals surface area contributed by atoms with Crippen LogP contribution < -0.4 is 29.6 Å². The zero-order valence-electron chi connectivity index (χ0n) is 8.23. The summed E-state index contributed by atoms with van der Waals surface area (Å²) in [5.74, 6) is -0.808. The molecule has 0 rings (SSSR count). The van der Waals surface area contributed by atoms with Crippen LogP contribution in [0.1, 0.15) is 8.35 Å². The number of esters is 1. The van der Waals surface area contributed by atoms with Crippen molar-refractivity contribution in [3.05, 3.63) is 0 Å². The molecule has 0 aromatic rings. The predicted octanol–water partition coefficient (Wildman–Crippen LogP) is -4.62. The summed E-state index contributed by atoms with van der Waals surface area (Å²) in [6.07, 6.45) is -2.27. The molecule has 3 N–H and O–H groups in total. The van der Waals surface area contributed by atoms with Crippen molar-refractivity contribution in [3.63, 3.8) is 0 Å². The number of hydrogen-bond donors (Lipinski definition) is 3. The van der Waals surface area contributed by atoms with Gasteiger partial charge in [0, 0.05) is 0 Å². The Bertz CT molecular complexity index is 132. The molecule has 0 fully saturated rings. The van der Waals surface area contributed by atoms with Crippen LogP contribution in [0.3, 0.4) is 0 Å². The molecule has 6 heteroatoms. The van der Waals surface area contributed by atoms with E-state index in [0.29, 0.717) is 0 Å². The van der Waals surface area contributed by atoms with Crippen LogP contribution in [0, 0.1) is 0 Å². The molecule has 0 aliphatic heterocycles. The average Bonchev–Trinajstić information content (AvgIpc) is 1.99. The third-order valence-corrected chi connectivity index (χ3v) is 0.970. The van der Waals surface area contributed by atoms with Gasteiger partial charge in [0.2, 0.25) is 0 Å². The Balaban J connectivity index is -0.000000500. The van der Waals surface area contributed by atoms with Crippen molar-refractivity contribution in [2.45, 2.75) is 19.1 Å². The van der Waals surface area contributed by atoms with Gasteiger partial charge in [0.15, 0.2) is 0 Å². The van der Waals surface area contributed by atoms with Gasteiger partial charge < -0.3 is 21.5 Å². The smallest absolute Gasteiger partial charge is 1.00 e. The number of carbonyl (C=O) groups excluding carboxylic acids is 1. The van der Waals surface area contributed by atoms with Crippen LogP contribution in [0.25, 0.3) is 0 Å². The summed E-state index contributed by atoms with van der Waals surface area (Å²) in [6, 6.07) is 0. The first kappa shape index (κ1) is 14.9. The SMILES string of the molecule is CC(O)C(=O)OCC(O)CO.[H-].[Na+]. The summed E-state index contributed by atoms with van der Waals surface area (Å²) in [4.78, 5) is 10.5. The van der Waals surface area contributed by atoms with Crippen LogP contribution in [-0.4, -0.2) is 46.7 Å². The van der Waals surface area contributed by atoms with E-state index >= 15 is 0 Å². The molecule has 5 nitrogen and oxygen atoms in total. The van der Waals surface area contributed by atoms with E-state index in [1.54, 1.807) is 0 Å². The van der Waals surface area contributed by atoms with Gasteiger partial charge in [-0.2, -0.15) is 0 Å². The monoisotopic (exact) mass is 188 g/mol. The van der Waals surface area contributed by atoms with Crippen LogP contribution in [-0.2, 0) is 9.53 Å². The Labute approximate surface area is 94.1 Å². The minimum atomic E-state index is -1.19. The minimum Gasteiger partial charge on any atom is -1.00 e. The van der Waals surface area contributed by atoms with Crippen molar-refractivity contribution >= 4 is 5.97 Å². The van der Waals surface area contributed by atoms with Crippen LogP contribution in [0.15, 0.2) is 0 Å². The van der Waals surface area contributed by atoms with E-state index in [4.69, 9.17) is 15.3 Å². The minimum absolute atomic E-state index is 0. The van der Waals surface area contributed by atoms with Crippen molar-refractivity contribution in [2.75, 3.05) is 13.2 Å². The molecule has 2 atom stereocenters. The Morgan fingerprint density at radius 2 is 2.08 bits per heavy atom. The molecule has 0 aromatic heterocycles. The summed E-state index contributed by atoms with van der Waals surface area (Å²) in [5.41, 5.74) is 0. The van der Waals surface area contributed by atoms with Gasteiger partial charge in [0.05, 0.1) is 6.61 Å². The number of carbonyl (C=O) groups is 1. The first-order chi connectivity index (χ1) is 5.07. The molecular weight excluding hydrogens is 175 g/mol. The second-order valence-electron chi connectivity index (χ2n) is 2.14. The largest absolute Gasteiger partial charge is 1.00 e. The van der Waals surface area contributed by atoms with Crippen molar-refractivity contribution in [2.24, 2.45) is 0 Å². The maximum absolute atomic E-state index is 10.5. The molecular formula is C6H13NaO5. The standard InChI is InChI=1S/C6H12O5.Na.H/c1-4(8)6(10)11-3-5(9)2-7;;/h4-5,7-9H,2-3H2,1H3;;/q;+1;-1. The number of ether oxygens (including phenoxy) is 1. The molecule has 0 radical (unpaired) electrons. The predicted molar refractivity (Wildman–Crippen MR) is 36.8 cm³/mol. The molecule has 12 heavy (non-hydrogen) atoms. The number of hydrogen-bond acceptors (Lipinski definition) is 5. The van der Waals surface area contributed by atoms with Gasteiger partial charge >= 0.3 is 35.5 Å². The fourth-order valence-corrected chi connectivity index (χ4v) is 0.352. The maximum Gasteiger partial charge on any atom is 1.00 e. The van der Waals surface area contributed by atoms with Gasteiger partial charge in [-0.3, -0.25) is 0 Å². The Morgan fingerprint density at radius 1 is 1.58 bits per heavy atom. The molecule has 2 unspecified atom stereocenters. The van der Waals surface area contributed by atoms with Crippen molar-refractivity contribution in [3.8, 4) is 0 Å². The zero-order chi connectivity index (χ0) is 8.85. The Kier molecular flexibility index (Phi) is 9.87. The Hall–Kier alpha value is 0.350. The van der Waals surface area contributed by atoms with Crippen LogP contribution in [0.4, 0.5) is 0 Å². The summed E-state index contributed by atoms with van der Waals surface area (Å²) in [6.45, 7) is 0.501. The van der Waals surface area contributed by atoms with Crippen molar-refractivity contribution < 1.29 is 55.8 Å². The fraction of sp³-hybridized carbons (Fsp3) is 0.833. The molecule has 0 amide bonds. The number of aliphatic hydroxyl groups excluding tert-OH is 3. The second kappa shape index (κ2) is 7.97. The molecule has 0 bridgehead atoms. The van der Waals surface area contributed by atoms with E-state index in [1.165, 1.54) is 6.92 Å². The maximum atomic E-state index is 10.5. The molecule has 0 spiro atoms. The Morgan fingerprint density at radius 3 is 2.42 bits per heavy atom. The van der Waals surface area contributed by atoms with E-state index in [1.807, 2.05) is 0 Å². The van der Waals surface area contributed by atoms with Crippen LogP contribution in [0.5, 0.6) is 0 Å². The average molecular weight is 188 g/mol. The quantitative estimate of drug-likeness (QED) is 0.305. The van der Waals surface area contributed by atoms with Crippen LogP contribution in [0.2, 0.25) is 0 Å². The molecule has 0 aliphatic rings. The zero-order valence-corrected chi connectivity index (χ0v) is 9.23. The van der Waals surface area contributed by atoms with E-state index in [2.05, 4.69) is 4.74 Å². The topological polar surface area (TPSA) is 87.0 Å². The van der Waals surface area contributed by atoms with Gasteiger partial charge in [-0.15, -0.1) is 0 Å². The summed E-state index contributed by atoms with van der Waals surface area (Å²) >= 11 is 0. The number of aliphatic hydroxyl groups is 3. The third kappa shape index (κ3) is 7.02. The normalized spacial score (nSPS) is 14.3. The molecule has 0 heterocycles.